The standard InChI is InChI=1S/C26H22ClNO5/c1-14-4-11-20(15(2)12-14)28-23(16-5-8-18(29)9-6-16)22(25(31)26(28)32)24(30)17-7-10-19(27)21(13-17)33-3/h4-13,23,29-30H,1-3H3/b24-22+. The van der Waals surface area contributed by atoms with Crippen molar-refractivity contribution in [3.63, 3.8) is 0 Å². The van der Waals surface area contributed by atoms with Gasteiger partial charge in [-0.05, 0) is 61.4 Å². The molecule has 33 heavy (non-hydrogen) atoms. The van der Waals surface area contributed by atoms with E-state index >= 15 is 0 Å². The van der Waals surface area contributed by atoms with Gasteiger partial charge in [-0.1, -0.05) is 41.4 Å². The topological polar surface area (TPSA) is 87.1 Å². The minimum absolute atomic E-state index is 0.0460. The summed E-state index contributed by atoms with van der Waals surface area (Å²) in [6.07, 6.45) is 0. The van der Waals surface area contributed by atoms with E-state index in [1.165, 1.54) is 30.2 Å². The molecular formula is C26H22ClNO5. The lowest BCUT2D eigenvalue weighted by atomic mass is 9.94. The summed E-state index contributed by atoms with van der Waals surface area (Å²) in [6, 6.07) is 15.5. The van der Waals surface area contributed by atoms with Gasteiger partial charge in [0.25, 0.3) is 11.7 Å². The van der Waals surface area contributed by atoms with Crippen molar-refractivity contribution in [1.29, 1.82) is 0 Å². The molecule has 6 nitrogen and oxygen atoms in total. The number of Topliss-reactive ketones (excluding diaryl/α,β-unsaturated/α-hetero) is 1. The molecule has 1 atom stereocenters. The molecule has 1 aliphatic heterocycles. The number of anilines is 1. The van der Waals surface area contributed by atoms with Crippen LogP contribution in [0.5, 0.6) is 11.5 Å². The maximum absolute atomic E-state index is 13.3. The molecule has 7 heteroatoms. The van der Waals surface area contributed by atoms with Crippen LogP contribution in [0.1, 0.15) is 28.3 Å². The van der Waals surface area contributed by atoms with Gasteiger partial charge in [-0.25, -0.2) is 0 Å². The van der Waals surface area contributed by atoms with E-state index in [1.54, 1.807) is 30.3 Å². The third-order valence-electron chi connectivity index (χ3n) is 5.69. The number of ketones is 1. The van der Waals surface area contributed by atoms with Crippen LogP contribution in [-0.4, -0.2) is 29.0 Å². The molecule has 1 amide bonds. The van der Waals surface area contributed by atoms with Crippen molar-refractivity contribution >= 4 is 34.7 Å². The highest BCUT2D eigenvalue weighted by Crippen LogP contribution is 2.44. The summed E-state index contributed by atoms with van der Waals surface area (Å²) in [4.78, 5) is 27.9. The van der Waals surface area contributed by atoms with Gasteiger partial charge in [0.05, 0.1) is 23.7 Å². The van der Waals surface area contributed by atoms with E-state index in [2.05, 4.69) is 0 Å². The van der Waals surface area contributed by atoms with Gasteiger partial charge in [0.15, 0.2) is 0 Å². The van der Waals surface area contributed by atoms with Gasteiger partial charge in [-0.2, -0.15) is 0 Å². The molecule has 168 valence electrons. The molecule has 3 aromatic carbocycles. The van der Waals surface area contributed by atoms with Gasteiger partial charge < -0.3 is 14.9 Å². The largest absolute Gasteiger partial charge is 0.508 e. The zero-order valence-electron chi connectivity index (χ0n) is 18.3. The van der Waals surface area contributed by atoms with Crippen LogP contribution in [0.15, 0.2) is 66.2 Å². The average Bonchev–Trinajstić information content (AvgIpc) is 3.05. The second-order valence-electron chi connectivity index (χ2n) is 7.90. The summed E-state index contributed by atoms with van der Waals surface area (Å²) in [7, 11) is 1.45. The fourth-order valence-electron chi connectivity index (χ4n) is 4.09. The predicted octanol–water partition coefficient (Wildman–Crippen LogP) is 5.30. The second kappa shape index (κ2) is 8.64. The van der Waals surface area contributed by atoms with Gasteiger partial charge in [0.2, 0.25) is 0 Å². The number of hydrogen-bond acceptors (Lipinski definition) is 5. The van der Waals surface area contributed by atoms with E-state index in [9.17, 15) is 19.8 Å². The van der Waals surface area contributed by atoms with E-state index in [1.807, 2.05) is 26.0 Å². The number of methoxy groups -OCH3 is 1. The Morgan fingerprint density at radius 3 is 2.33 bits per heavy atom. The highest BCUT2D eigenvalue weighted by Gasteiger charge is 2.47. The van der Waals surface area contributed by atoms with Crippen molar-refractivity contribution in [2.24, 2.45) is 0 Å². The van der Waals surface area contributed by atoms with Crippen molar-refractivity contribution in [1.82, 2.24) is 0 Å². The maximum Gasteiger partial charge on any atom is 0.300 e. The molecule has 0 aromatic heterocycles. The molecule has 1 unspecified atom stereocenters. The molecular weight excluding hydrogens is 442 g/mol. The van der Waals surface area contributed by atoms with Crippen molar-refractivity contribution in [2.75, 3.05) is 12.0 Å². The molecule has 4 rings (SSSR count). The summed E-state index contributed by atoms with van der Waals surface area (Å²) in [5.41, 5.74) is 3.19. The van der Waals surface area contributed by atoms with Crippen LogP contribution >= 0.6 is 11.6 Å². The lowest BCUT2D eigenvalue weighted by Crippen LogP contribution is -2.30. The number of rotatable bonds is 4. The Morgan fingerprint density at radius 2 is 1.70 bits per heavy atom. The van der Waals surface area contributed by atoms with Crippen LogP contribution in [0.3, 0.4) is 0 Å². The lowest BCUT2D eigenvalue weighted by molar-refractivity contribution is -0.132. The highest BCUT2D eigenvalue weighted by molar-refractivity contribution is 6.51. The smallest absolute Gasteiger partial charge is 0.300 e. The van der Waals surface area contributed by atoms with Crippen molar-refractivity contribution < 1.29 is 24.5 Å². The van der Waals surface area contributed by atoms with Gasteiger partial charge >= 0.3 is 0 Å². The first kappa shape index (κ1) is 22.4. The molecule has 1 fully saturated rings. The summed E-state index contributed by atoms with van der Waals surface area (Å²) >= 11 is 6.11. The minimum Gasteiger partial charge on any atom is -0.508 e. The number of halogens is 1. The summed E-state index contributed by atoms with van der Waals surface area (Å²) < 4.78 is 5.23. The van der Waals surface area contributed by atoms with E-state index in [0.717, 1.165) is 11.1 Å². The van der Waals surface area contributed by atoms with Crippen LogP contribution in [0.4, 0.5) is 5.69 Å². The number of carbonyl (C=O) groups is 2. The number of hydrogen-bond donors (Lipinski definition) is 2. The summed E-state index contributed by atoms with van der Waals surface area (Å²) in [5, 5.41) is 21.3. The molecule has 1 aliphatic rings. The van der Waals surface area contributed by atoms with Crippen molar-refractivity contribution in [2.45, 2.75) is 19.9 Å². The number of carbonyl (C=O) groups excluding carboxylic acids is 2. The van der Waals surface area contributed by atoms with Gasteiger partial charge in [-0.3, -0.25) is 14.5 Å². The number of benzene rings is 3. The van der Waals surface area contributed by atoms with Crippen LogP contribution in [0.25, 0.3) is 5.76 Å². The third kappa shape index (κ3) is 3.94. The molecule has 0 saturated carbocycles. The first-order chi connectivity index (χ1) is 15.7. The molecule has 1 saturated heterocycles. The quantitative estimate of drug-likeness (QED) is 0.311. The Balaban J connectivity index is 1.97. The Labute approximate surface area is 196 Å². The highest BCUT2D eigenvalue weighted by atomic mass is 35.5. The first-order valence-corrected chi connectivity index (χ1v) is 10.6. The predicted molar refractivity (Wildman–Crippen MR) is 127 cm³/mol. The molecule has 2 N–H and O–H groups in total. The molecule has 0 aliphatic carbocycles. The van der Waals surface area contributed by atoms with E-state index in [4.69, 9.17) is 16.3 Å². The first-order valence-electron chi connectivity index (χ1n) is 10.2. The summed E-state index contributed by atoms with van der Waals surface area (Å²) in [6.45, 7) is 3.80. The SMILES string of the molecule is COc1cc(/C(O)=C2\C(=O)C(=O)N(c3ccc(C)cc3C)C2c2ccc(O)cc2)ccc1Cl. The molecule has 1 heterocycles. The zero-order chi connectivity index (χ0) is 23.9. The second-order valence-corrected chi connectivity index (χ2v) is 8.31. The number of aliphatic hydroxyl groups excluding tert-OH is 1. The number of aryl methyl sites for hydroxylation is 2. The number of phenolic OH excluding ortho intramolecular Hbond substituents is 1. The Morgan fingerprint density at radius 1 is 1.00 bits per heavy atom. The maximum atomic E-state index is 13.3. The fraction of sp³-hybridized carbons (Fsp3) is 0.154. The lowest BCUT2D eigenvalue weighted by Gasteiger charge is -2.27. The van der Waals surface area contributed by atoms with Crippen molar-refractivity contribution in [3.8, 4) is 11.5 Å². The van der Waals surface area contributed by atoms with E-state index < -0.39 is 17.7 Å². The monoisotopic (exact) mass is 463 g/mol. The van der Waals surface area contributed by atoms with Crippen LogP contribution in [0.2, 0.25) is 5.02 Å². The minimum atomic E-state index is -0.895. The van der Waals surface area contributed by atoms with Crippen LogP contribution < -0.4 is 9.64 Å². The Bertz CT molecular complexity index is 1300. The molecule has 3 aromatic rings. The number of aliphatic hydroxyl groups is 1. The normalized spacial score (nSPS) is 17.5. The number of phenols is 1. The van der Waals surface area contributed by atoms with Crippen LogP contribution in [-0.2, 0) is 9.59 Å². The van der Waals surface area contributed by atoms with E-state index in [0.29, 0.717) is 27.6 Å². The van der Waals surface area contributed by atoms with Gasteiger partial charge in [0.1, 0.15) is 17.3 Å². The Hall–Kier alpha value is -3.77. The van der Waals surface area contributed by atoms with Gasteiger partial charge in [-0.15, -0.1) is 0 Å². The number of ether oxygens (including phenoxy) is 1. The number of amides is 1. The zero-order valence-corrected chi connectivity index (χ0v) is 19.1. The molecule has 0 radical (unpaired) electrons. The summed E-state index contributed by atoms with van der Waals surface area (Å²) in [5.74, 6) is -1.52. The number of nitrogens with zero attached hydrogens (tertiary/aromatic N) is 1. The Kier molecular flexibility index (Phi) is 5.87. The van der Waals surface area contributed by atoms with Crippen LogP contribution in [0, 0.1) is 13.8 Å². The van der Waals surface area contributed by atoms with Crippen molar-refractivity contribution in [3.05, 3.63) is 93.5 Å². The molecule has 0 bridgehead atoms. The molecule has 0 spiro atoms. The van der Waals surface area contributed by atoms with E-state index in [-0.39, 0.29) is 17.1 Å². The third-order valence-corrected chi connectivity index (χ3v) is 6.00. The fourth-order valence-corrected chi connectivity index (χ4v) is 4.29. The number of aromatic hydroxyl groups is 1. The average molecular weight is 464 g/mol. The van der Waals surface area contributed by atoms with Gasteiger partial charge in [0, 0.05) is 11.3 Å².